The van der Waals surface area contributed by atoms with E-state index in [4.69, 9.17) is 0 Å². The van der Waals surface area contributed by atoms with Gasteiger partial charge in [-0.25, -0.2) is 4.98 Å². The van der Waals surface area contributed by atoms with Crippen LogP contribution in [0.4, 0.5) is 0 Å². The molecule has 1 aliphatic carbocycles. The van der Waals surface area contributed by atoms with Crippen molar-refractivity contribution in [3.8, 4) is 0 Å². The van der Waals surface area contributed by atoms with Crippen LogP contribution in [0.1, 0.15) is 67.5 Å². The Bertz CT molecular complexity index is 664. The molecule has 1 N–H and O–H groups in total. The van der Waals surface area contributed by atoms with Crippen molar-refractivity contribution in [2.75, 3.05) is 19.6 Å². The van der Waals surface area contributed by atoms with E-state index in [-0.39, 0.29) is 11.3 Å². The molecule has 4 rings (SSSR count). The highest BCUT2D eigenvalue weighted by atomic mass is 16.2. The van der Waals surface area contributed by atoms with Gasteiger partial charge in [0.05, 0.1) is 6.33 Å². The molecule has 0 bridgehead atoms. The highest BCUT2D eigenvalue weighted by Gasteiger charge is 2.45. The van der Waals surface area contributed by atoms with Crippen LogP contribution >= 0.6 is 0 Å². The molecule has 25 heavy (non-hydrogen) atoms. The molecule has 1 spiro atoms. The third-order valence-corrected chi connectivity index (χ3v) is 6.44. The zero-order valence-corrected chi connectivity index (χ0v) is 15.1. The first-order chi connectivity index (χ1) is 12.1. The quantitative estimate of drug-likeness (QED) is 0.896. The first-order valence-corrected chi connectivity index (χ1v) is 9.67. The number of aryl methyl sites for hydroxylation is 1. The van der Waals surface area contributed by atoms with E-state index >= 15 is 0 Å². The Morgan fingerprint density at radius 3 is 2.76 bits per heavy atom. The van der Waals surface area contributed by atoms with Crippen LogP contribution in [0.2, 0.25) is 0 Å². The summed E-state index contributed by atoms with van der Waals surface area (Å²) in [6, 6.07) is 0.435. The second-order valence-electron chi connectivity index (χ2n) is 8.17. The number of amides is 2. The molecule has 1 aromatic heterocycles. The summed E-state index contributed by atoms with van der Waals surface area (Å²) < 4.78 is 0. The fraction of sp³-hybridized carbons (Fsp3) is 0.737. The van der Waals surface area contributed by atoms with E-state index in [0.717, 1.165) is 57.4 Å². The van der Waals surface area contributed by atoms with Crippen molar-refractivity contribution in [1.82, 2.24) is 19.8 Å². The number of H-pyrrole nitrogens is 1. The molecular formula is C19H28N4O2. The molecule has 2 amide bonds. The number of hydrogen-bond donors (Lipinski definition) is 1. The lowest BCUT2D eigenvalue weighted by Crippen LogP contribution is -2.57. The third-order valence-electron chi connectivity index (χ3n) is 6.44. The van der Waals surface area contributed by atoms with E-state index in [1.807, 2.05) is 11.8 Å². The van der Waals surface area contributed by atoms with E-state index in [0.29, 0.717) is 24.1 Å². The van der Waals surface area contributed by atoms with Crippen LogP contribution in [0.3, 0.4) is 0 Å². The average Bonchev–Trinajstić information content (AvgIpc) is 3.28. The Morgan fingerprint density at radius 1 is 1.24 bits per heavy atom. The number of piperidine rings is 2. The number of nitrogens with one attached hydrogen (secondary N) is 1. The summed E-state index contributed by atoms with van der Waals surface area (Å²) >= 11 is 0. The van der Waals surface area contributed by atoms with Crippen LogP contribution < -0.4 is 0 Å². The van der Waals surface area contributed by atoms with Crippen LogP contribution in [-0.4, -0.2) is 57.3 Å². The van der Waals surface area contributed by atoms with Gasteiger partial charge in [0.1, 0.15) is 5.69 Å². The summed E-state index contributed by atoms with van der Waals surface area (Å²) in [5.74, 6) is 0.353. The summed E-state index contributed by atoms with van der Waals surface area (Å²) in [5.41, 5.74) is 1.45. The topological polar surface area (TPSA) is 69.3 Å². The number of carbonyl (C=O) groups is 2. The van der Waals surface area contributed by atoms with Crippen molar-refractivity contribution in [2.45, 2.75) is 64.3 Å². The van der Waals surface area contributed by atoms with E-state index in [9.17, 15) is 9.59 Å². The lowest BCUT2D eigenvalue weighted by molar-refractivity contribution is -0.142. The minimum atomic E-state index is 0.0298. The van der Waals surface area contributed by atoms with Gasteiger partial charge in [-0.1, -0.05) is 12.8 Å². The maximum Gasteiger partial charge on any atom is 0.274 e. The van der Waals surface area contributed by atoms with Crippen molar-refractivity contribution in [2.24, 2.45) is 5.41 Å². The van der Waals surface area contributed by atoms with Crippen LogP contribution in [0.15, 0.2) is 6.33 Å². The molecule has 3 aliphatic rings. The first kappa shape index (κ1) is 16.6. The maximum atomic E-state index is 12.9. The summed E-state index contributed by atoms with van der Waals surface area (Å²) in [6.07, 6.45) is 10.1. The van der Waals surface area contributed by atoms with Gasteiger partial charge in [0.15, 0.2) is 0 Å². The van der Waals surface area contributed by atoms with Crippen molar-refractivity contribution >= 4 is 11.8 Å². The highest BCUT2D eigenvalue weighted by Crippen LogP contribution is 2.41. The van der Waals surface area contributed by atoms with Crippen LogP contribution in [-0.2, 0) is 4.79 Å². The van der Waals surface area contributed by atoms with Gasteiger partial charge in [0.2, 0.25) is 5.91 Å². The van der Waals surface area contributed by atoms with Crippen LogP contribution in [0.25, 0.3) is 0 Å². The first-order valence-electron chi connectivity index (χ1n) is 9.67. The summed E-state index contributed by atoms with van der Waals surface area (Å²) in [5, 5.41) is 0. The van der Waals surface area contributed by atoms with E-state index in [1.165, 1.54) is 12.8 Å². The van der Waals surface area contributed by atoms with Gasteiger partial charge >= 0.3 is 0 Å². The minimum absolute atomic E-state index is 0.0298. The third kappa shape index (κ3) is 3.07. The highest BCUT2D eigenvalue weighted by molar-refractivity contribution is 5.93. The molecule has 6 nitrogen and oxygen atoms in total. The normalized spacial score (nSPS) is 28.1. The standard InChI is InChI=1S/C19H28N4O2/c1-14-17(21-13-20-14)18(25)22-10-4-8-19(11-22)9-7-16(24)23(12-19)15-5-2-3-6-15/h13,15H,2-12H2,1H3,(H,20,21)/t19-/m1/s1. The number of nitrogens with zero attached hydrogens (tertiary/aromatic N) is 3. The van der Waals surface area contributed by atoms with Crippen LogP contribution in [0, 0.1) is 12.3 Å². The second-order valence-corrected chi connectivity index (χ2v) is 8.17. The SMILES string of the molecule is Cc1[nH]cnc1C(=O)N1CCC[C@@]2(CCC(=O)N(C3CCCC3)C2)C1. The number of aromatic amines is 1. The van der Waals surface area contributed by atoms with E-state index < -0.39 is 0 Å². The Hall–Kier alpha value is -1.85. The number of imidazole rings is 1. The second kappa shape index (κ2) is 6.46. The Labute approximate surface area is 149 Å². The Balaban J connectivity index is 1.50. The average molecular weight is 344 g/mol. The molecule has 2 aliphatic heterocycles. The van der Waals surface area contributed by atoms with Gasteiger partial charge in [-0.2, -0.15) is 0 Å². The zero-order valence-electron chi connectivity index (χ0n) is 15.1. The molecule has 1 aromatic rings. The Kier molecular flexibility index (Phi) is 4.29. The van der Waals surface area contributed by atoms with Gasteiger partial charge in [-0.05, 0) is 39.0 Å². The molecule has 3 heterocycles. The molecule has 1 atom stereocenters. The van der Waals surface area contributed by atoms with Gasteiger partial charge in [-0.3, -0.25) is 9.59 Å². The summed E-state index contributed by atoms with van der Waals surface area (Å²) in [4.78, 5) is 36.7. The lowest BCUT2D eigenvalue weighted by Gasteiger charge is -2.49. The smallest absolute Gasteiger partial charge is 0.274 e. The van der Waals surface area contributed by atoms with Gasteiger partial charge in [-0.15, -0.1) is 0 Å². The van der Waals surface area contributed by atoms with Crippen molar-refractivity contribution in [1.29, 1.82) is 0 Å². The number of likely N-dealkylation sites (tertiary alicyclic amines) is 2. The van der Waals surface area contributed by atoms with Crippen LogP contribution in [0.5, 0.6) is 0 Å². The molecule has 0 radical (unpaired) electrons. The molecule has 0 aromatic carbocycles. The Morgan fingerprint density at radius 2 is 2.04 bits per heavy atom. The summed E-state index contributed by atoms with van der Waals surface area (Å²) in [7, 11) is 0. The molecule has 6 heteroatoms. The number of rotatable bonds is 2. The predicted molar refractivity (Wildman–Crippen MR) is 94.1 cm³/mol. The summed E-state index contributed by atoms with van der Waals surface area (Å²) in [6.45, 7) is 4.28. The van der Waals surface area contributed by atoms with Gasteiger partial charge in [0.25, 0.3) is 5.91 Å². The minimum Gasteiger partial charge on any atom is -0.348 e. The maximum absolute atomic E-state index is 12.9. The molecular weight excluding hydrogens is 316 g/mol. The fourth-order valence-electron chi connectivity index (χ4n) is 5.03. The predicted octanol–water partition coefficient (Wildman–Crippen LogP) is 2.51. The molecule has 136 valence electrons. The molecule has 2 saturated heterocycles. The largest absolute Gasteiger partial charge is 0.348 e. The fourth-order valence-corrected chi connectivity index (χ4v) is 5.03. The number of hydrogen-bond acceptors (Lipinski definition) is 3. The molecule has 1 saturated carbocycles. The van der Waals surface area contributed by atoms with Gasteiger partial charge < -0.3 is 14.8 Å². The monoisotopic (exact) mass is 344 g/mol. The van der Waals surface area contributed by atoms with Gasteiger partial charge in [0, 0.05) is 43.2 Å². The van der Waals surface area contributed by atoms with Crippen molar-refractivity contribution < 1.29 is 9.59 Å². The zero-order chi connectivity index (χ0) is 17.4. The van der Waals surface area contributed by atoms with E-state index in [1.54, 1.807) is 6.33 Å². The lowest BCUT2D eigenvalue weighted by atomic mass is 9.73. The van der Waals surface area contributed by atoms with E-state index in [2.05, 4.69) is 14.9 Å². The number of aromatic nitrogens is 2. The number of carbonyl (C=O) groups excluding carboxylic acids is 2. The van der Waals surface area contributed by atoms with Crippen molar-refractivity contribution in [3.05, 3.63) is 17.7 Å². The molecule has 3 fully saturated rings. The molecule has 0 unspecified atom stereocenters. The van der Waals surface area contributed by atoms with Crippen molar-refractivity contribution in [3.63, 3.8) is 0 Å².